The lowest BCUT2D eigenvalue weighted by Crippen LogP contribution is -2.51. The molecule has 0 radical (unpaired) electrons. The van der Waals surface area contributed by atoms with Crippen LogP contribution in [0.15, 0.2) is 36.4 Å². The Balaban J connectivity index is 1.14. The lowest BCUT2D eigenvalue weighted by molar-refractivity contribution is -0.136. The Kier molecular flexibility index (Phi) is 11.4. The van der Waals surface area contributed by atoms with Gasteiger partial charge in [-0.3, -0.25) is 9.59 Å². The number of fused-ring (bicyclic) bond motifs is 2. The van der Waals surface area contributed by atoms with E-state index in [1.807, 2.05) is 64.1 Å². The average molecular weight is 735 g/mol. The molecule has 4 aromatic rings. The molecule has 2 saturated heterocycles. The Morgan fingerprint density at radius 1 is 0.704 bits per heavy atom. The molecule has 4 heterocycles. The zero-order chi connectivity index (χ0) is 38.5. The Morgan fingerprint density at radius 2 is 1.11 bits per heavy atom. The number of imidazole rings is 2. The van der Waals surface area contributed by atoms with Gasteiger partial charge in [0.2, 0.25) is 11.8 Å². The number of aromatic nitrogens is 4. The molecular weight excluding hydrogens is 688 g/mol. The molecule has 0 aliphatic carbocycles. The highest BCUT2D eigenvalue weighted by Crippen LogP contribution is 2.34. The fourth-order valence-electron chi connectivity index (χ4n) is 7.12. The number of alkyl carbamates (subject to hydrolysis) is 2. The molecule has 4 unspecified atom stereocenters. The zero-order valence-electron chi connectivity index (χ0n) is 31.4. The van der Waals surface area contributed by atoms with Crippen LogP contribution in [0.3, 0.4) is 0 Å². The maximum Gasteiger partial charge on any atom is 0.407 e. The summed E-state index contributed by atoms with van der Waals surface area (Å²) in [5.41, 5.74) is 4.67. The van der Waals surface area contributed by atoms with Crippen molar-refractivity contribution in [3.63, 3.8) is 0 Å². The van der Waals surface area contributed by atoms with Crippen LogP contribution >= 0.6 is 0 Å². The van der Waals surface area contributed by atoms with Gasteiger partial charge in [0.1, 0.15) is 23.7 Å². The molecule has 4 amide bonds. The van der Waals surface area contributed by atoms with Crippen LogP contribution in [0.2, 0.25) is 0 Å². The van der Waals surface area contributed by atoms with Gasteiger partial charge in [0, 0.05) is 24.2 Å². The summed E-state index contributed by atoms with van der Waals surface area (Å²) in [7, 11) is 2.56. The third kappa shape index (κ3) is 8.13. The number of rotatable bonds is 8. The van der Waals surface area contributed by atoms with Gasteiger partial charge in [-0.25, -0.2) is 19.6 Å². The molecule has 0 bridgehead atoms. The molecule has 14 heteroatoms. The van der Waals surface area contributed by atoms with E-state index < -0.39 is 24.3 Å². The van der Waals surface area contributed by atoms with E-state index in [9.17, 15) is 19.2 Å². The molecule has 2 aliphatic rings. The highest BCUT2D eigenvalue weighted by atomic mass is 16.5. The van der Waals surface area contributed by atoms with Gasteiger partial charge in [-0.15, -0.1) is 0 Å². The quantitative estimate of drug-likeness (QED) is 0.184. The Labute approximate surface area is 314 Å². The number of likely N-dealkylation sites (tertiary alicyclic amines) is 2. The van der Waals surface area contributed by atoms with E-state index in [2.05, 4.69) is 44.3 Å². The molecule has 0 saturated carbocycles. The Morgan fingerprint density at radius 3 is 1.48 bits per heavy atom. The van der Waals surface area contributed by atoms with Crippen LogP contribution in [-0.2, 0) is 19.1 Å². The number of H-pyrrole nitrogens is 2. The first-order valence-electron chi connectivity index (χ1n) is 18.3. The highest BCUT2D eigenvalue weighted by molar-refractivity contribution is 5.87. The minimum atomic E-state index is -0.703. The van der Waals surface area contributed by atoms with E-state index in [1.54, 1.807) is 9.80 Å². The largest absolute Gasteiger partial charge is 0.453 e. The van der Waals surface area contributed by atoms with Crippen molar-refractivity contribution in [2.24, 2.45) is 11.8 Å². The summed E-state index contributed by atoms with van der Waals surface area (Å²) in [6.07, 6.45) is 1.91. The van der Waals surface area contributed by atoms with Gasteiger partial charge < -0.3 is 39.9 Å². The van der Waals surface area contributed by atoms with Crippen molar-refractivity contribution in [3.8, 4) is 23.7 Å². The molecule has 2 aromatic heterocycles. The molecule has 2 aromatic carbocycles. The molecule has 2 fully saturated rings. The first kappa shape index (κ1) is 37.7. The predicted octanol–water partition coefficient (Wildman–Crippen LogP) is 4.93. The lowest BCUT2D eigenvalue weighted by Gasteiger charge is -2.29. The summed E-state index contributed by atoms with van der Waals surface area (Å²) in [6.45, 7) is 8.71. The van der Waals surface area contributed by atoms with Gasteiger partial charge in [0.25, 0.3) is 0 Å². The van der Waals surface area contributed by atoms with Gasteiger partial charge in [-0.2, -0.15) is 0 Å². The van der Waals surface area contributed by atoms with Gasteiger partial charge in [-0.05, 0) is 85.8 Å². The highest BCUT2D eigenvalue weighted by Gasteiger charge is 2.39. The van der Waals surface area contributed by atoms with Gasteiger partial charge >= 0.3 is 12.2 Å². The summed E-state index contributed by atoms with van der Waals surface area (Å²) in [4.78, 5) is 70.8. The van der Waals surface area contributed by atoms with E-state index >= 15 is 0 Å². The van der Waals surface area contributed by atoms with E-state index in [0.29, 0.717) is 24.7 Å². The average Bonchev–Trinajstić information content (AvgIpc) is 3.98. The number of nitrogens with one attached hydrogen (secondary N) is 4. The third-order valence-corrected chi connectivity index (χ3v) is 9.96. The van der Waals surface area contributed by atoms with E-state index in [-0.39, 0.29) is 35.7 Å². The number of hydrogen-bond donors (Lipinski definition) is 4. The molecule has 282 valence electrons. The minimum absolute atomic E-state index is 0.117. The molecule has 0 spiro atoms. The van der Waals surface area contributed by atoms with Gasteiger partial charge in [0.05, 0.1) is 48.4 Å². The molecule has 2 aliphatic heterocycles. The standard InChI is InChI=1S/C40H46N8O6/c1-23(2)33(45-39(51)53-5)37(49)47-19-9-13-31(47)35-41-27-17-15-25(21-29(27)43-35)11-7-8-12-26-16-18-28-30(22-26)44-36(42-28)32-14-10-20-48(32)38(50)34(24(3)4)46-40(52)54-6/h15-18,21-24,31-34H,9-10,13-14,19-20H2,1-6H3,(H,41,43)(H,42,44)(H,45,51)(H,46,52). The van der Waals surface area contributed by atoms with Gasteiger partial charge in [-0.1, -0.05) is 39.5 Å². The van der Waals surface area contributed by atoms with Crippen LogP contribution in [-0.4, -0.2) is 93.1 Å². The van der Waals surface area contributed by atoms with Crippen molar-refractivity contribution >= 4 is 46.1 Å². The van der Waals surface area contributed by atoms with Crippen LogP contribution in [0.25, 0.3) is 22.1 Å². The first-order chi connectivity index (χ1) is 26.0. The summed E-state index contributed by atoms with van der Waals surface area (Å²) in [6, 6.07) is 9.52. The van der Waals surface area contributed by atoms with Crippen molar-refractivity contribution in [2.75, 3.05) is 27.3 Å². The minimum Gasteiger partial charge on any atom is -0.453 e. The van der Waals surface area contributed by atoms with Crippen molar-refractivity contribution < 1.29 is 28.7 Å². The summed E-state index contributed by atoms with van der Waals surface area (Å²) in [5, 5.41) is 5.36. The maximum absolute atomic E-state index is 13.5. The molecule has 4 atom stereocenters. The topological polar surface area (TPSA) is 175 Å². The second kappa shape index (κ2) is 16.3. The van der Waals surface area contributed by atoms with Crippen molar-refractivity contribution in [2.45, 2.75) is 77.5 Å². The monoisotopic (exact) mass is 734 g/mol. The number of ether oxygens (including phenoxy) is 2. The number of aromatic amines is 2. The number of amides is 4. The van der Waals surface area contributed by atoms with Crippen molar-refractivity contribution in [1.29, 1.82) is 0 Å². The number of benzene rings is 2. The second-order valence-electron chi connectivity index (χ2n) is 14.3. The number of nitrogens with zero attached hydrogens (tertiary/aromatic N) is 4. The molecule has 54 heavy (non-hydrogen) atoms. The lowest BCUT2D eigenvalue weighted by atomic mass is 10.0. The summed E-state index contributed by atoms with van der Waals surface area (Å²) in [5.74, 6) is 12.9. The number of carbonyl (C=O) groups excluding carboxylic acids is 4. The Bertz CT molecular complexity index is 2030. The third-order valence-electron chi connectivity index (χ3n) is 9.96. The fourth-order valence-corrected chi connectivity index (χ4v) is 7.12. The van der Waals surface area contributed by atoms with Crippen LogP contribution in [0.5, 0.6) is 0 Å². The molecule has 14 nitrogen and oxygen atoms in total. The predicted molar refractivity (Wildman–Crippen MR) is 202 cm³/mol. The van der Waals surface area contributed by atoms with E-state index in [4.69, 9.17) is 19.4 Å². The zero-order valence-corrected chi connectivity index (χ0v) is 31.4. The molecule has 6 rings (SSSR count). The Hall–Kier alpha value is -6.02. The maximum atomic E-state index is 13.5. The van der Waals surface area contributed by atoms with Crippen molar-refractivity contribution in [1.82, 2.24) is 40.4 Å². The second-order valence-corrected chi connectivity index (χ2v) is 14.3. The van der Waals surface area contributed by atoms with Crippen LogP contribution in [0, 0.1) is 35.5 Å². The summed E-state index contributed by atoms with van der Waals surface area (Å²) >= 11 is 0. The summed E-state index contributed by atoms with van der Waals surface area (Å²) < 4.78 is 9.48. The smallest absolute Gasteiger partial charge is 0.407 e. The van der Waals surface area contributed by atoms with E-state index in [1.165, 1.54) is 14.2 Å². The SMILES string of the molecule is COC(=O)NC(C(=O)N1CCCC1c1nc2ccc(C#CC#Cc3ccc4nc(C5CCCN5C(=O)C(NC(=O)OC)C(C)C)[nH]c4c3)cc2[nH]1)C(C)C. The number of carbonyl (C=O) groups is 4. The fraction of sp³-hybridized carbons (Fsp3) is 0.450. The normalized spacial score (nSPS) is 17.9. The van der Waals surface area contributed by atoms with Crippen LogP contribution in [0.4, 0.5) is 9.59 Å². The number of methoxy groups -OCH3 is 2. The number of hydrogen-bond acceptors (Lipinski definition) is 8. The first-order valence-corrected chi connectivity index (χ1v) is 18.3. The van der Waals surface area contributed by atoms with Gasteiger partial charge in [0.15, 0.2) is 0 Å². The van der Waals surface area contributed by atoms with Crippen molar-refractivity contribution in [3.05, 3.63) is 59.2 Å². The van der Waals surface area contributed by atoms with Crippen LogP contribution < -0.4 is 10.6 Å². The molecular formula is C40H46N8O6. The van der Waals surface area contributed by atoms with Crippen LogP contribution in [0.1, 0.15) is 88.2 Å². The molecule has 4 N–H and O–H groups in total. The van der Waals surface area contributed by atoms with E-state index in [0.717, 1.165) is 58.9 Å².